The molecule has 4 heteroatoms. The molecule has 21 heavy (non-hydrogen) atoms. The van der Waals surface area contributed by atoms with E-state index >= 15 is 0 Å². The summed E-state index contributed by atoms with van der Waals surface area (Å²) in [6.07, 6.45) is 4.61. The molecule has 1 aromatic carbocycles. The molecule has 1 aliphatic rings. The SMILES string of the molecule is CC(C)CNCc1cc(Cl)ccc1-n1ccc(C2CC2)n1. The summed E-state index contributed by atoms with van der Waals surface area (Å²) in [4.78, 5) is 0. The second-order valence-corrected chi connectivity index (χ2v) is 6.69. The topological polar surface area (TPSA) is 29.9 Å². The third kappa shape index (κ3) is 3.66. The van der Waals surface area contributed by atoms with Crippen LogP contribution in [-0.2, 0) is 6.54 Å². The quantitative estimate of drug-likeness (QED) is 0.869. The Morgan fingerprint density at radius 2 is 2.14 bits per heavy atom. The van der Waals surface area contributed by atoms with E-state index in [9.17, 15) is 0 Å². The minimum atomic E-state index is 0.638. The zero-order valence-corrected chi connectivity index (χ0v) is 13.4. The van der Waals surface area contributed by atoms with Gasteiger partial charge < -0.3 is 5.32 Å². The van der Waals surface area contributed by atoms with Crippen molar-refractivity contribution in [1.29, 1.82) is 0 Å². The van der Waals surface area contributed by atoms with Gasteiger partial charge >= 0.3 is 0 Å². The summed E-state index contributed by atoms with van der Waals surface area (Å²) in [5.41, 5.74) is 3.52. The van der Waals surface area contributed by atoms with E-state index in [-0.39, 0.29) is 0 Å². The Morgan fingerprint density at radius 1 is 1.33 bits per heavy atom. The van der Waals surface area contributed by atoms with Gasteiger partial charge in [-0.15, -0.1) is 0 Å². The molecule has 3 nitrogen and oxygen atoms in total. The molecule has 112 valence electrons. The molecule has 1 saturated carbocycles. The van der Waals surface area contributed by atoms with Crippen molar-refractivity contribution in [2.45, 2.75) is 39.2 Å². The van der Waals surface area contributed by atoms with Crippen LogP contribution in [-0.4, -0.2) is 16.3 Å². The molecule has 0 bridgehead atoms. The van der Waals surface area contributed by atoms with Crippen LogP contribution in [0, 0.1) is 5.92 Å². The van der Waals surface area contributed by atoms with Crippen LogP contribution in [0.25, 0.3) is 5.69 Å². The zero-order chi connectivity index (χ0) is 14.8. The highest BCUT2D eigenvalue weighted by molar-refractivity contribution is 6.30. The van der Waals surface area contributed by atoms with Crippen LogP contribution < -0.4 is 5.32 Å². The number of hydrogen-bond donors (Lipinski definition) is 1. The predicted molar refractivity (Wildman–Crippen MR) is 87.1 cm³/mol. The molecule has 3 rings (SSSR count). The number of nitrogens with zero attached hydrogens (tertiary/aromatic N) is 2. The van der Waals surface area contributed by atoms with Gasteiger partial charge in [0.1, 0.15) is 0 Å². The third-order valence-corrected chi connectivity index (χ3v) is 4.00. The molecule has 1 heterocycles. The first-order chi connectivity index (χ1) is 10.1. The molecule has 0 saturated heterocycles. The third-order valence-electron chi connectivity index (χ3n) is 3.76. The Kier molecular flexibility index (Phi) is 4.32. The van der Waals surface area contributed by atoms with E-state index in [1.165, 1.54) is 24.1 Å². The average molecular weight is 304 g/mol. The van der Waals surface area contributed by atoms with Gasteiger partial charge in [-0.3, -0.25) is 0 Å². The number of benzene rings is 1. The lowest BCUT2D eigenvalue weighted by molar-refractivity contribution is 0.551. The maximum Gasteiger partial charge on any atom is 0.0691 e. The molecule has 1 aliphatic carbocycles. The van der Waals surface area contributed by atoms with Crippen molar-refractivity contribution >= 4 is 11.6 Å². The lowest BCUT2D eigenvalue weighted by Crippen LogP contribution is -2.20. The fraction of sp³-hybridized carbons (Fsp3) is 0.471. The Labute approximate surface area is 131 Å². The molecule has 1 aromatic heterocycles. The Balaban J connectivity index is 1.82. The van der Waals surface area contributed by atoms with E-state index < -0.39 is 0 Å². The first-order valence-corrected chi connectivity index (χ1v) is 8.06. The maximum absolute atomic E-state index is 6.15. The predicted octanol–water partition coefficient (Wildman–Crippen LogP) is 4.15. The second-order valence-electron chi connectivity index (χ2n) is 6.26. The first kappa shape index (κ1) is 14.6. The van der Waals surface area contributed by atoms with Crippen LogP contribution in [0.15, 0.2) is 30.5 Å². The van der Waals surface area contributed by atoms with Gasteiger partial charge in [0.15, 0.2) is 0 Å². The molecule has 0 atom stereocenters. The lowest BCUT2D eigenvalue weighted by Gasteiger charge is -2.12. The van der Waals surface area contributed by atoms with Gasteiger partial charge in [0.25, 0.3) is 0 Å². The molecule has 0 amide bonds. The number of aromatic nitrogens is 2. The highest BCUT2D eigenvalue weighted by Gasteiger charge is 2.26. The number of rotatable bonds is 6. The molecular formula is C17H22ClN3. The van der Waals surface area contributed by atoms with Gasteiger partial charge in [0.2, 0.25) is 0 Å². The summed E-state index contributed by atoms with van der Waals surface area (Å²) in [6, 6.07) is 8.15. The highest BCUT2D eigenvalue weighted by Crippen LogP contribution is 2.39. The summed E-state index contributed by atoms with van der Waals surface area (Å²) in [6.45, 7) is 6.23. The molecule has 0 aliphatic heterocycles. The second kappa shape index (κ2) is 6.20. The number of halogens is 1. The Morgan fingerprint density at radius 3 is 2.86 bits per heavy atom. The largest absolute Gasteiger partial charge is 0.312 e. The first-order valence-electron chi connectivity index (χ1n) is 7.68. The maximum atomic E-state index is 6.15. The molecular weight excluding hydrogens is 282 g/mol. The van der Waals surface area contributed by atoms with Crippen molar-refractivity contribution in [2.75, 3.05) is 6.54 Å². The van der Waals surface area contributed by atoms with Gasteiger partial charge in [-0.2, -0.15) is 5.10 Å². The normalized spacial score (nSPS) is 14.9. The fourth-order valence-electron chi connectivity index (χ4n) is 2.48. The standard InChI is InChI=1S/C17H22ClN3/c1-12(2)10-19-11-14-9-15(18)5-6-17(14)21-8-7-16(20-21)13-3-4-13/h5-9,12-13,19H,3-4,10-11H2,1-2H3. The zero-order valence-electron chi connectivity index (χ0n) is 12.6. The van der Waals surface area contributed by atoms with E-state index in [0.717, 1.165) is 23.8 Å². The van der Waals surface area contributed by atoms with Crippen molar-refractivity contribution in [3.8, 4) is 5.69 Å². The summed E-state index contributed by atoms with van der Waals surface area (Å²) in [7, 11) is 0. The Bertz CT molecular complexity index is 614. The summed E-state index contributed by atoms with van der Waals surface area (Å²) in [5.74, 6) is 1.32. The van der Waals surface area contributed by atoms with E-state index in [0.29, 0.717) is 11.8 Å². The van der Waals surface area contributed by atoms with Crippen LogP contribution in [0.4, 0.5) is 0 Å². The average Bonchev–Trinajstić information content (AvgIpc) is 3.17. The molecule has 0 radical (unpaired) electrons. The van der Waals surface area contributed by atoms with Crippen LogP contribution in [0.5, 0.6) is 0 Å². The molecule has 2 aromatic rings. The van der Waals surface area contributed by atoms with Gasteiger partial charge in [0, 0.05) is 23.7 Å². The van der Waals surface area contributed by atoms with Gasteiger partial charge in [-0.25, -0.2) is 4.68 Å². The monoisotopic (exact) mass is 303 g/mol. The molecule has 1 N–H and O–H groups in total. The summed E-state index contributed by atoms with van der Waals surface area (Å²) >= 11 is 6.15. The van der Waals surface area contributed by atoms with E-state index in [4.69, 9.17) is 16.7 Å². The minimum absolute atomic E-state index is 0.638. The molecule has 0 spiro atoms. The Hall–Kier alpha value is -1.32. The summed E-state index contributed by atoms with van der Waals surface area (Å²) < 4.78 is 1.98. The number of nitrogens with one attached hydrogen (secondary N) is 1. The van der Waals surface area contributed by atoms with Gasteiger partial charge in [0.05, 0.1) is 11.4 Å². The summed E-state index contributed by atoms with van der Waals surface area (Å²) in [5, 5.41) is 8.98. The van der Waals surface area contributed by atoms with Crippen molar-refractivity contribution in [1.82, 2.24) is 15.1 Å². The van der Waals surface area contributed by atoms with Crippen molar-refractivity contribution in [2.24, 2.45) is 5.92 Å². The van der Waals surface area contributed by atoms with Crippen LogP contribution in [0.1, 0.15) is 43.9 Å². The molecule has 1 fully saturated rings. The van der Waals surface area contributed by atoms with E-state index in [2.05, 4.69) is 37.5 Å². The fourth-order valence-corrected chi connectivity index (χ4v) is 2.68. The smallest absolute Gasteiger partial charge is 0.0691 e. The van der Waals surface area contributed by atoms with Crippen LogP contribution in [0.2, 0.25) is 5.02 Å². The van der Waals surface area contributed by atoms with Crippen molar-refractivity contribution < 1.29 is 0 Å². The van der Waals surface area contributed by atoms with E-state index in [1.54, 1.807) is 0 Å². The number of hydrogen-bond acceptors (Lipinski definition) is 2. The van der Waals surface area contributed by atoms with Crippen LogP contribution in [0.3, 0.4) is 0 Å². The molecule has 0 unspecified atom stereocenters. The lowest BCUT2D eigenvalue weighted by atomic mass is 10.1. The van der Waals surface area contributed by atoms with Crippen molar-refractivity contribution in [3.63, 3.8) is 0 Å². The van der Waals surface area contributed by atoms with Gasteiger partial charge in [-0.1, -0.05) is 25.4 Å². The van der Waals surface area contributed by atoms with Crippen LogP contribution >= 0.6 is 11.6 Å². The minimum Gasteiger partial charge on any atom is -0.312 e. The van der Waals surface area contributed by atoms with E-state index in [1.807, 2.05) is 16.8 Å². The van der Waals surface area contributed by atoms with Crippen molar-refractivity contribution in [3.05, 3.63) is 46.7 Å². The highest BCUT2D eigenvalue weighted by atomic mass is 35.5. The van der Waals surface area contributed by atoms with Gasteiger partial charge in [-0.05, 0) is 55.1 Å².